The van der Waals surface area contributed by atoms with E-state index in [4.69, 9.17) is 0 Å². The molecule has 0 unspecified atom stereocenters. The number of carbonyl (C=O) groups excluding carboxylic acids is 2. The fourth-order valence-corrected chi connectivity index (χ4v) is 2.21. The molecule has 1 N–H and O–H groups in total. The van der Waals surface area contributed by atoms with Gasteiger partial charge in [-0.3, -0.25) is 4.79 Å². The van der Waals surface area contributed by atoms with Crippen LogP contribution in [0, 0.1) is 0 Å². The third-order valence-corrected chi connectivity index (χ3v) is 3.25. The van der Waals surface area contributed by atoms with Crippen LogP contribution in [0.3, 0.4) is 0 Å². The van der Waals surface area contributed by atoms with Crippen molar-refractivity contribution in [3.8, 4) is 0 Å². The minimum atomic E-state index is -0.403. The number of thiophene rings is 1. The van der Waals surface area contributed by atoms with Crippen LogP contribution in [0.4, 0.5) is 5.00 Å². The Kier molecular flexibility index (Phi) is 3.74. The average molecular weight is 261 g/mol. The van der Waals surface area contributed by atoms with Gasteiger partial charge in [0.25, 0.3) is 5.91 Å². The Morgan fingerprint density at radius 1 is 1.11 bits per heavy atom. The predicted molar refractivity (Wildman–Crippen MR) is 70.1 cm³/mol. The fraction of sp³-hybridized carbons (Fsp3) is 0.0769. The van der Waals surface area contributed by atoms with Gasteiger partial charge in [-0.1, -0.05) is 18.2 Å². The van der Waals surface area contributed by atoms with Crippen LogP contribution in [0.25, 0.3) is 0 Å². The molecular formula is C13H11NO3S. The highest BCUT2D eigenvalue weighted by atomic mass is 32.1. The smallest absolute Gasteiger partial charge is 0.348 e. The SMILES string of the molecule is COC(=O)c1ccc(NC(=O)c2ccccc2)s1. The molecule has 0 aliphatic heterocycles. The zero-order chi connectivity index (χ0) is 13.0. The van der Waals surface area contributed by atoms with Crippen LogP contribution < -0.4 is 5.32 Å². The van der Waals surface area contributed by atoms with E-state index in [0.29, 0.717) is 15.4 Å². The fourth-order valence-electron chi connectivity index (χ4n) is 1.39. The minimum Gasteiger partial charge on any atom is -0.465 e. The highest BCUT2D eigenvalue weighted by Gasteiger charge is 2.11. The molecule has 1 heterocycles. The van der Waals surface area contributed by atoms with Crippen LogP contribution in [0.2, 0.25) is 0 Å². The van der Waals surface area contributed by atoms with Crippen molar-refractivity contribution in [2.75, 3.05) is 12.4 Å². The summed E-state index contributed by atoms with van der Waals surface area (Å²) >= 11 is 1.18. The van der Waals surface area contributed by atoms with E-state index in [1.807, 2.05) is 6.07 Å². The van der Waals surface area contributed by atoms with Gasteiger partial charge in [0.1, 0.15) is 4.88 Å². The van der Waals surface area contributed by atoms with Crippen molar-refractivity contribution < 1.29 is 14.3 Å². The van der Waals surface area contributed by atoms with Gasteiger partial charge < -0.3 is 10.1 Å². The lowest BCUT2D eigenvalue weighted by Gasteiger charge is -2.01. The van der Waals surface area contributed by atoms with Crippen molar-refractivity contribution in [3.05, 3.63) is 52.9 Å². The summed E-state index contributed by atoms with van der Waals surface area (Å²) in [4.78, 5) is 23.6. The average Bonchev–Trinajstić information content (AvgIpc) is 2.87. The second kappa shape index (κ2) is 5.46. The summed E-state index contributed by atoms with van der Waals surface area (Å²) in [6, 6.07) is 12.2. The molecule has 0 atom stereocenters. The second-order valence-corrected chi connectivity index (χ2v) is 4.56. The van der Waals surface area contributed by atoms with E-state index < -0.39 is 5.97 Å². The van der Waals surface area contributed by atoms with Gasteiger partial charge >= 0.3 is 5.97 Å². The first-order chi connectivity index (χ1) is 8.70. The van der Waals surface area contributed by atoms with Crippen LogP contribution in [0.5, 0.6) is 0 Å². The largest absolute Gasteiger partial charge is 0.465 e. The van der Waals surface area contributed by atoms with Crippen LogP contribution in [0.15, 0.2) is 42.5 Å². The molecule has 1 aromatic heterocycles. The molecule has 2 aromatic rings. The summed E-state index contributed by atoms with van der Waals surface area (Å²) in [5.74, 6) is -0.603. The Morgan fingerprint density at radius 2 is 1.83 bits per heavy atom. The van der Waals surface area contributed by atoms with Crippen molar-refractivity contribution >= 4 is 28.2 Å². The first-order valence-electron chi connectivity index (χ1n) is 5.25. The number of rotatable bonds is 3. The topological polar surface area (TPSA) is 55.4 Å². The Labute approximate surface area is 108 Å². The highest BCUT2D eigenvalue weighted by molar-refractivity contribution is 7.18. The summed E-state index contributed by atoms with van der Waals surface area (Å²) in [6.45, 7) is 0. The number of nitrogens with one attached hydrogen (secondary N) is 1. The first-order valence-corrected chi connectivity index (χ1v) is 6.07. The van der Waals surface area contributed by atoms with Gasteiger partial charge in [-0.05, 0) is 24.3 Å². The number of hydrogen-bond donors (Lipinski definition) is 1. The summed E-state index contributed by atoms with van der Waals surface area (Å²) in [5.41, 5.74) is 0.575. The lowest BCUT2D eigenvalue weighted by atomic mass is 10.2. The summed E-state index contributed by atoms with van der Waals surface area (Å²) < 4.78 is 4.60. The van der Waals surface area contributed by atoms with E-state index in [2.05, 4.69) is 10.1 Å². The molecule has 18 heavy (non-hydrogen) atoms. The number of carbonyl (C=O) groups is 2. The maximum absolute atomic E-state index is 11.8. The molecule has 0 aliphatic rings. The number of ether oxygens (including phenoxy) is 1. The molecule has 0 bridgehead atoms. The Morgan fingerprint density at radius 3 is 2.50 bits per heavy atom. The van der Waals surface area contributed by atoms with Gasteiger partial charge in [0.2, 0.25) is 0 Å². The number of esters is 1. The second-order valence-electron chi connectivity index (χ2n) is 3.48. The third-order valence-electron chi connectivity index (χ3n) is 2.27. The van der Waals surface area contributed by atoms with Gasteiger partial charge in [0.05, 0.1) is 12.1 Å². The predicted octanol–water partition coefficient (Wildman–Crippen LogP) is 2.79. The quantitative estimate of drug-likeness (QED) is 0.864. The van der Waals surface area contributed by atoms with Crippen molar-refractivity contribution in [1.82, 2.24) is 0 Å². The standard InChI is InChI=1S/C13H11NO3S/c1-17-13(16)10-7-8-11(18-10)14-12(15)9-5-3-2-4-6-9/h2-8H,1H3,(H,14,15). The summed E-state index contributed by atoms with van der Waals surface area (Å²) in [7, 11) is 1.32. The first kappa shape index (κ1) is 12.3. The molecule has 1 aromatic carbocycles. The van der Waals surface area contributed by atoms with Crippen molar-refractivity contribution in [3.63, 3.8) is 0 Å². The molecule has 0 fully saturated rings. The molecule has 2 rings (SSSR count). The van der Waals surface area contributed by atoms with Crippen molar-refractivity contribution in [2.24, 2.45) is 0 Å². The highest BCUT2D eigenvalue weighted by Crippen LogP contribution is 2.23. The number of hydrogen-bond acceptors (Lipinski definition) is 4. The monoisotopic (exact) mass is 261 g/mol. The van der Waals surface area contributed by atoms with Crippen LogP contribution in [0.1, 0.15) is 20.0 Å². The molecule has 5 heteroatoms. The van der Waals surface area contributed by atoms with Crippen LogP contribution >= 0.6 is 11.3 Å². The van der Waals surface area contributed by atoms with Crippen LogP contribution in [-0.4, -0.2) is 19.0 Å². The van der Waals surface area contributed by atoms with E-state index in [1.165, 1.54) is 18.4 Å². The van der Waals surface area contributed by atoms with E-state index in [9.17, 15) is 9.59 Å². The van der Waals surface area contributed by atoms with Gasteiger partial charge in [0, 0.05) is 5.56 Å². The Balaban J connectivity index is 2.08. The molecule has 0 spiro atoms. The molecular weight excluding hydrogens is 250 g/mol. The van der Waals surface area contributed by atoms with Gasteiger partial charge in [-0.2, -0.15) is 0 Å². The maximum Gasteiger partial charge on any atom is 0.348 e. The lowest BCUT2D eigenvalue weighted by Crippen LogP contribution is -2.10. The van der Waals surface area contributed by atoms with Crippen molar-refractivity contribution in [1.29, 1.82) is 0 Å². The number of amides is 1. The zero-order valence-electron chi connectivity index (χ0n) is 9.67. The maximum atomic E-state index is 11.8. The third kappa shape index (κ3) is 2.75. The van der Waals surface area contributed by atoms with E-state index in [1.54, 1.807) is 36.4 Å². The zero-order valence-corrected chi connectivity index (χ0v) is 10.5. The summed E-state index contributed by atoms with van der Waals surface area (Å²) in [5, 5.41) is 3.34. The van der Waals surface area contributed by atoms with E-state index in [-0.39, 0.29) is 5.91 Å². The van der Waals surface area contributed by atoms with Gasteiger partial charge in [0.15, 0.2) is 0 Å². The van der Waals surface area contributed by atoms with E-state index in [0.717, 1.165) is 0 Å². The minimum absolute atomic E-state index is 0.200. The molecule has 0 saturated heterocycles. The van der Waals surface area contributed by atoms with Gasteiger partial charge in [-0.25, -0.2) is 4.79 Å². The normalized spacial score (nSPS) is 9.83. The van der Waals surface area contributed by atoms with Crippen molar-refractivity contribution in [2.45, 2.75) is 0 Å². The van der Waals surface area contributed by atoms with Crippen LogP contribution in [-0.2, 0) is 4.74 Å². The van der Waals surface area contributed by atoms with Gasteiger partial charge in [-0.15, -0.1) is 11.3 Å². The molecule has 0 saturated carbocycles. The lowest BCUT2D eigenvalue weighted by molar-refractivity contribution is 0.0606. The molecule has 1 amide bonds. The summed E-state index contributed by atoms with van der Waals surface area (Å²) in [6.07, 6.45) is 0. The number of methoxy groups -OCH3 is 1. The number of benzene rings is 1. The molecule has 4 nitrogen and oxygen atoms in total. The molecule has 92 valence electrons. The molecule has 0 aliphatic carbocycles. The number of anilines is 1. The van der Waals surface area contributed by atoms with E-state index >= 15 is 0 Å². The molecule has 0 radical (unpaired) electrons. The Hall–Kier alpha value is -2.14. The Bertz CT molecular complexity index is 563.